The van der Waals surface area contributed by atoms with E-state index < -0.39 is 5.91 Å². The predicted molar refractivity (Wildman–Crippen MR) is 132 cm³/mol. The molecule has 3 aromatic carbocycles. The fourth-order valence-corrected chi connectivity index (χ4v) is 3.34. The van der Waals surface area contributed by atoms with E-state index in [1.165, 1.54) is 25.3 Å². The molecule has 3 rings (SSSR count). The number of amides is 2. The lowest BCUT2D eigenvalue weighted by Crippen LogP contribution is -2.20. The molecule has 0 bridgehead atoms. The van der Waals surface area contributed by atoms with Crippen molar-refractivity contribution >= 4 is 52.5 Å². The first-order valence-corrected chi connectivity index (χ1v) is 10.7. The van der Waals surface area contributed by atoms with Crippen molar-refractivity contribution in [1.82, 2.24) is 0 Å². The lowest BCUT2D eigenvalue weighted by Gasteiger charge is -2.13. The Kier molecular flexibility index (Phi) is 8.52. The summed E-state index contributed by atoms with van der Waals surface area (Å²) in [7, 11) is 1.41. The molecule has 0 fully saturated rings. The number of halogens is 2. The number of anilines is 2. The molecular weight excluding hydrogens is 477 g/mol. The van der Waals surface area contributed by atoms with Crippen LogP contribution in [0, 0.1) is 11.3 Å². The molecule has 0 saturated carbocycles. The molecule has 7 nitrogen and oxygen atoms in total. The van der Waals surface area contributed by atoms with E-state index in [2.05, 4.69) is 10.6 Å². The zero-order valence-corrected chi connectivity index (χ0v) is 19.5. The molecule has 34 heavy (non-hydrogen) atoms. The molecule has 2 N–H and O–H groups in total. The highest BCUT2D eigenvalue weighted by molar-refractivity contribution is 6.34. The Morgan fingerprint density at radius 3 is 2.38 bits per heavy atom. The van der Waals surface area contributed by atoms with Crippen molar-refractivity contribution in [1.29, 1.82) is 5.26 Å². The highest BCUT2D eigenvalue weighted by atomic mass is 35.5. The third-order valence-electron chi connectivity index (χ3n) is 4.46. The zero-order valence-electron chi connectivity index (χ0n) is 18.0. The summed E-state index contributed by atoms with van der Waals surface area (Å²) in [5.74, 6) is -0.626. The van der Waals surface area contributed by atoms with Crippen molar-refractivity contribution < 1.29 is 19.1 Å². The van der Waals surface area contributed by atoms with Gasteiger partial charge in [0.1, 0.15) is 11.6 Å². The molecule has 0 unspecified atom stereocenters. The molecule has 0 aliphatic rings. The number of benzene rings is 3. The predicted octanol–water partition coefficient (Wildman–Crippen LogP) is 5.57. The van der Waals surface area contributed by atoms with Gasteiger partial charge >= 0.3 is 0 Å². The zero-order chi connectivity index (χ0) is 24.5. The first-order valence-electron chi connectivity index (χ1n) is 9.94. The number of carbonyl (C=O) groups excluding carboxylic acids is 2. The van der Waals surface area contributed by atoms with E-state index in [1.807, 2.05) is 12.1 Å². The van der Waals surface area contributed by atoms with Gasteiger partial charge in [0.2, 0.25) is 0 Å². The molecular formula is C25H19Cl2N3O4. The fourth-order valence-electron chi connectivity index (χ4n) is 2.89. The molecule has 0 aliphatic carbocycles. The van der Waals surface area contributed by atoms with Crippen LogP contribution in [0.5, 0.6) is 11.5 Å². The summed E-state index contributed by atoms with van der Waals surface area (Å²) < 4.78 is 10.9. The Bertz CT molecular complexity index is 1270. The maximum absolute atomic E-state index is 12.5. The molecule has 2 amide bonds. The van der Waals surface area contributed by atoms with E-state index in [1.54, 1.807) is 48.5 Å². The molecule has 0 atom stereocenters. The third-order valence-corrected chi connectivity index (χ3v) is 5.07. The van der Waals surface area contributed by atoms with E-state index >= 15 is 0 Å². The van der Waals surface area contributed by atoms with Crippen LogP contribution < -0.4 is 20.1 Å². The number of rotatable bonds is 8. The number of methoxy groups -OCH3 is 1. The summed E-state index contributed by atoms with van der Waals surface area (Å²) in [6.07, 6.45) is 1.35. The third kappa shape index (κ3) is 6.51. The molecule has 0 saturated heterocycles. The van der Waals surface area contributed by atoms with Crippen LogP contribution in [0.3, 0.4) is 0 Å². The first-order chi connectivity index (χ1) is 16.4. The summed E-state index contributed by atoms with van der Waals surface area (Å²) in [5, 5.41) is 15.3. The summed E-state index contributed by atoms with van der Waals surface area (Å²) in [4.78, 5) is 24.7. The number of nitriles is 1. The highest BCUT2D eigenvalue weighted by Gasteiger charge is 2.16. The van der Waals surface area contributed by atoms with Crippen molar-refractivity contribution in [2.24, 2.45) is 0 Å². The van der Waals surface area contributed by atoms with Gasteiger partial charge in [-0.2, -0.15) is 5.26 Å². The van der Waals surface area contributed by atoms with Crippen molar-refractivity contribution in [3.63, 3.8) is 0 Å². The molecule has 0 radical (unpaired) electrons. The van der Waals surface area contributed by atoms with E-state index in [0.717, 1.165) is 0 Å². The van der Waals surface area contributed by atoms with Crippen LogP contribution in [-0.4, -0.2) is 25.5 Å². The van der Waals surface area contributed by atoms with Gasteiger partial charge in [-0.05, 0) is 48.0 Å². The average molecular weight is 496 g/mol. The van der Waals surface area contributed by atoms with Crippen LogP contribution in [0.2, 0.25) is 10.0 Å². The Hall–Kier alpha value is -3.99. The number of hydrogen-bond donors (Lipinski definition) is 2. The summed E-state index contributed by atoms with van der Waals surface area (Å²) in [5.41, 5.74) is 1.26. The minimum absolute atomic E-state index is 0.141. The Morgan fingerprint density at radius 2 is 1.71 bits per heavy atom. The molecule has 0 aliphatic heterocycles. The minimum atomic E-state index is -0.636. The maximum atomic E-state index is 12.5. The van der Waals surface area contributed by atoms with Gasteiger partial charge in [-0.1, -0.05) is 53.5 Å². The van der Waals surface area contributed by atoms with Crippen molar-refractivity contribution in [3.05, 3.63) is 87.9 Å². The number of hydrogen-bond acceptors (Lipinski definition) is 5. The second kappa shape index (κ2) is 11.8. The van der Waals surface area contributed by atoms with Crippen LogP contribution in [0.4, 0.5) is 11.4 Å². The van der Waals surface area contributed by atoms with Gasteiger partial charge in [0, 0.05) is 5.69 Å². The number of para-hydroxylation sites is 2. The van der Waals surface area contributed by atoms with E-state index in [-0.39, 0.29) is 34.6 Å². The fraction of sp³-hybridized carbons (Fsp3) is 0.0800. The van der Waals surface area contributed by atoms with Gasteiger partial charge in [0.15, 0.2) is 18.1 Å². The van der Waals surface area contributed by atoms with E-state index in [4.69, 9.17) is 32.7 Å². The molecule has 0 spiro atoms. The Labute approximate surface area is 206 Å². The Morgan fingerprint density at radius 1 is 1.00 bits per heavy atom. The number of ether oxygens (including phenoxy) is 2. The largest absolute Gasteiger partial charge is 0.493 e. The van der Waals surface area contributed by atoms with Gasteiger partial charge in [0.05, 0.1) is 22.8 Å². The second-order valence-corrected chi connectivity index (χ2v) is 7.66. The average Bonchev–Trinajstić information content (AvgIpc) is 2.83. The minimum Gasteiger partial charge on any atom is -0.493 e. The topological polar surface area (TPSA) is 100 Å². The monoisotopic (exact) mass is 495 g/mol. The summed E-state index contributed by atoms with van der Waals surface area (Å²) in [6.45, 7) is -0.302. The second-order valence-electron chi connectivity index (χ2n) is 6.84. The smallest absolute Gasteiger partial charge is 0.266 e. The van der Waals surface area contributed by atoms with Crippen LogP contribution in [0.15, 0.2) is 72.3 Å². The Balaban J connectivity index is 1.75. The molecule has 9 heteroatoms. The first kappa shape index (κ1) is 24.6. The van der Waals surface area contributed by atoms with Crippen LogP contribution in [0.25, 0.3) is 6.08 Å². The molecule has 0 heterocycles. The van der Waals surface area contributed by atoms with Crippen molar-refractivity contribution in [3.8, 4) is 17.6 Å². The van der Waals surface area contributed by atoms with Gasteiger partial charge in [-0.25, -0.2) is 0 Å². The van der Waals surface area contributed by atoms with Crippen molar-refractivity contribution in [2.45, 2.75) is 0 Å². The van der Waals surface area contributed by atoms with Gasteiger partial charge in [-0.3, -0.25) is 9.59 Å². The van der Waals surface area contributed by atoms with Gasteiger partial charge in [-0.15, -0.1) is 0 Å². The SMILES string of the molecule is COc1cc(/C=C(\C#N)C(=O)Nc2ccccc2Cl)cc(Cl)c1OCC(=O)Nc1ccccc1. The molecule has 3 aromatic rings. The quantitative estimate of drug-likeness (QED) is 0.314. The van der Waals surface area contributed by atoms with Crippen LogP contribution >= 0.6 is 23.2 Å². The number of carbonyl (C=O) groups is 2. The van der Waals surface area contributed by atoms with Crippen LogP contribution in [-0.2, 0) is 9.59 Å². The maximum Gasteiger partial charge on any atom is 0.266 e. The standard InChI is InChI=1S/C25H19Cl2N3O4/c1-33-22-13-16(11-17(14-28)25(32)30-21-10-6-5-9-19(21)26)12-20(27)24(22)34-15-23(31)29-18-7-3-2-4-8-18/h2-13H,15H2,1H3,(H,29,31)(H,30,32)/b17-11+. The summed E-state index contributed by atoms with van der Waals surface area (Å²) in [6, 6.07) is 20.5. The number of nitrogens with zero attached hydrogens (tertiary/aromatic N) is 1. The summed E-state index contributed by atoms with van der Waals surface area (Å²) >= 11 is 12.4. The molecule has 172 valence electrons. The van der Waals surface area contributed by atoms with Crippen molar-refractivity contribution in [2.75, 3.05) is 24.4 Å². The highest BCUT2D eigenvalue weighted by Crippen LogP contribution is 2.37. The van der Waals surface area contributed by atoms with E-state index in [9.17, 15) is 14.9 Å². The number of nitrogens with one attached hydrogen (secondary N) is 2. The van der Waals surface area contributed by atoms with Crippen LogP contribution in [0.1, 0.15) is 5.56 Å². The van der Waals surface area contributed by atoms with E-state index in [0.29, 0.717) is 22.0 Å². The molecule has 0 aromatic heterocycles. The van der Waals surface area contributed by atoms with Gasteiger partial charge in [0.25, 0.3) is 11.8 Å². The van der Waals surface area contributed by atoms with Gasteiger partial charge < -0.3 is 20.1 Å². The normalized spacial score (nSPS) is 10.7. The lowest BCUT2D eigenvalue weighted by atomic mass is 10.1. The lowest BCUT2D eigenvalue weighted by molar-refractivity contribution is -0.118.